The molecule has 0 unspecified atom stereocenters. The van der Waals surface area contributed by atoms with Crippen LogP contribution >= 0.6 is 0 Å². The molecule has 1 N–H and O–H groups in total. The summed E-state index contributed by atoms with van der Waals surface area (Å²) in [4.78, 5) is 23.1. The van der Waals surface area contributed by atoms with E-state index >= 15 is 0 Å². The first-order valence-electron chi connectivity index (χ1n) is 9.19. The smallest absolute Gasteiger partial charge is 0.257 e. The zero-order valence-corrected chi connectivity index (χ0v) is 16.0. The van der Waals surface area contributed by atoms with Gasteiger partial charge in [-0.1, -0.05) is 48.5 Å². The number of nitrogens with zero attached hydrogens (tertiary/aromatic N) is 3. The van der Waals surface area contributed by atoms with Crippen molar-refractivity contribution in [1.29, 1.82) is 0 Å². The summed E-state index contributed by atoms with van der Waals surface area (Å²) in [5.41, 5.74) is 2.01. The van der Waals surface area contributed by atoms with E-state index < -0.39 is 0 Å². The number of hydrogen-bond acceptors (Lipinski definition) is 4. The van der Waals surface area contributed by atoms with Gasteiger partial charge in [-0.2, -0.15) is 0 Å². The van der Waals surface area contributed by atoms with Crippen molar-refractivity contribution in [2.24, 2.45) is 0 Å². The van der Waals surface area contributed by atoms with Crippen LogP contribution in [0.25, 0.3) is 0 Å². The molecule has 0 saturated heterocycles. The second-order valence-corrected chi connectivity index (χ2v) is 6.75. The standard InChI is InChI=1S/C22H23FN4O/c1-16(2)27(15-17-8-4-3-5-9-17)21(28)19-13-25-22(26-14-19)24-12-18-10-6-7-11-20(18)23/h3-11,13-14,16H,12,15H2,1-2H3,(H,24,25,26). The van der Waals surface area contributed by atoms with Crippen molar-refractivity contribution in [3.8, 4) is 0 Å². The van der Waals surface area contributed by atoms with Crippen LogP contribution in [0.5, 0.6) is 0 Å². The Labute approximate surface area is 164 Å². The van der Waals surface area contributed by atoms with Crippen LogP contribution in [0.4, 0.5) is 10.3 Å². The van der Waals surface area contributed by atoms with E-state index in [0.717, 1.165) is 5.56 Å². The Bertz CT molecular complexity index is 913. The zero-order chi connectivity index (χ0) is 19.9. The molecule has 1 amide bonds. The summed E-state index contributed by atoms with van der Waals surface area (Å²) in [5.74, 6) is -0.0613. The molecule has 0 saturated carbocycles. The number of nitrogens with one attached hydrogen (secondary N) is 1. The van der Waals surface area contributed by atoms with E-state index in [1.54, 1.807) is 23.1 Å². The van der Waals surface area contributed by atoms with Gasteiger partial charge >= 0.3 is 0 Å². The number of halogens is 1. The van der Waals surface area contributed by atoms with Gasteiger partial charge in [-0.05, 0) is 25.5 Å². The highest BCUT2D eigenvalue weighted by atomic mass is 19.1. The monoisotopic (exact) mass is 378 g/mol. The molecule has 144 valence electrons. The van der Waals surface area contributed by atoms with Crippen molar-refractivity contribution in [2.75, 3.05) is 5.32 Å². The largest absolute Gasteiger partial charge is 0.350 e. The third-order valence-corrected chi connectivity index (χ3v) is 4.37. The van der Waals surface area contributed by atoms with Crippen molar-refractivity contribution in [2.45, 2.75) is 33.0 Å². The molecule has 0 atom stereocenters. The van der Waals surface area contributed by atoms with Crippen LogP contribution in [0.2, 0.25) is 0 Å². The maximum atomic E-state index is 13.7. The number of benzene rings is 2. The van der Waals surface area contributed by atoms with E-state index in [-0.39, 0.29) is 24.3 Å². The predicted octanol–water partition coefficient (Wildman–Crippen LogP) is 4.28. The normalized spacial score (nSPS) is 10.7. The Morgan fingerprint density at radius 1 is 1.04 bits per heavy atom. The van der Waals surface area contributed by atoms with E-state index in [4.69, 9.17) is 0 Å². The van der Waals surface area contributed by atoms with Crippen LogP contribution in [0.1, 0.15) is 35.3 Å². The first-order valence-corrected chi connectivity index (χ1v) is 9.19. The van der Waals surface area contributed by atoms with Crippen LogP contribution in [0, 0.1) is 5.82 Å². The predicted molar refractivity (Wildman–Crippen MR) is 107 cm³/mol. The topological polar surface area (TPSA) is 58.1 Å². The second kappa shape index (κ2) is 9.08. The fourth-order valence-corrected chi connectivity index (χ4v) is 2.78. The van der Waals surface area contributed by atoms with E-state index in [2.05, 4.69) is 15.3 Å². The van der Waals surface area contributed by atoms with Gasteiger partial charge < -0.3 is 10.2 Å². The quantitative estimate of drug-likeness (QED) is 0.667. The van der Waals surface area contributed by atoms with Crippen LogP contribution < -0.4 is 5.32 Å². The Balaban J connectivity index is 1.67. The van der Waals surface area contributed by atoms with Crippen LogP contribution in [0.15, 0.2) is 67.0 Å². The average molecular weight is 378 g/mol. The molecule has 0 aliphatic rings. The summed E-state index contributed by atoms with van der Waals surface area (Å²) in [6.45, 7) is 4.74. The third-order valence-electron chi connectivity index (χ3n) is 4.37. The molecule has 5 nitrogen and oxygen atoms in total. The number of rotatable bonds is 7. The van der Waals surface area contributed by atoms with Gasteiger partial charge in [0.1, 0.15) is 5.82 Å². The minimum Gasteiger partial charge on any atom is -0.350 e. The number of hydrogen-bond donors (Lipinski definition) is 1. The fraction of sp³-hybridized carbons (Fsp3) is 0.227. The number of anilines is 1. The lowest BCUT2D eigenvalue weighted by molar-refractivity contribution is 0.0689. The molecule has 0 bridgehead atoms. The Kier molecular flexibility index (Phi) is 6.32. The summed E-state index contributed by atoms with van der Waals surface area (Å²) >= 11 is 0. The number of carbonyl (C=O) groups excluding carboxylic acids is 1. The van der Waals surface area contributed by atoms with Crippen LogP contribution in [0.3, 0.4) is 0 Å². The molecule has 1 heterocycles. The van der Waals surface area contributed by atoms with Gasteiger partial charge in [0.15, 0.2) is 0 Å². The van der Waals surface area contributed by atoms with Gasteiger partial charge in [0.2, 0.25) is 5.95 Å². The van der Waals surface area contributed by atoms with Gasteiger partial charge in [-0.15, -0.1) is 0 Å². The van der Waals surface area contributed by atoms with Crippen LogP contribution in [-0.4, -0.2) is 26.8 Å². The first-order chi connectivity index (χ1) is 13.5. The summed E-state index contributed by atoms with van der Waals surface area (Å²) in [5, 5.41) is 2.97. The highest BCUT2D eigenvalue weighted by molar-refractivity contribution is 5.93. The Hall–Kier alpha value is -3.28. The van der Waals surface area contributed by atoms with E-state index in [1.165, 1.54) is 18.5 Å². The molecule has 0 radical (unpaired) electrons. The Morgan fingerprint density at radius 3 is 2.32 bits per heavy atom. The number of aromatic nitrogens is 2. The molecule has 28 heavy (non-hydrogen) atoms. The van der Waals surface area contributed by atoms with Gasteiger partial charge in [-0.25, -0.2) is 14.4 Å². The summed E-state index contributed by atoms with van der Waals surface area (Å²) in [7, 11) is 0. The molecule has 0 aliphatic heterocycles. The van der Waals surface area contributed by atoms with Crippen molar-refractivity contribution >= 4 is 11.9 Å². The SMILES string of the molecule is CC(C)N(Cc1ccccc1)C(=O)c1cnc(NCc2ccccc2F)nc1. The van der Waals surface area contributed by atoms with Crippen molar-refractivity contribution in [1.82, 2.24) is 14.9 Å². The summed E-state index contributed by atoms with van der Waals surface area (Å²) in [6, 6.07) is 16.4. The molecule has 0 spiro atoms. The molecule has 1 aromatic heterocycles. The minimum absolute atomic E-state index is 0.0339. The van der Waals surface area contributed by atoms with Gasteiger partial charge in [0.25, 0.3) is 5.91 Å². The minimum atomic E-state index is -0.282. The molecule has 6 heteroatoms. The second-order valence-electron chi connectivity index (χ2n) is 6.75. The first kappa shape index (κ1) is 19.5. The summed E-state index contributed by atoms with van der Waals surface area (Å²) in [6.07, 6.45) is 3.00. The van der Waals surface area contributed by atoms with Gasteiger partial charge in [-0.3, -0.25) is 4.79 Å². The summed E-state index contributed by atoms with van der Waals surface area (Å²) < 4.78 is 13.7. The maximum absolute atomic E-state index is 13.7. The number of amides is 1. The van der Waals surface area contributed by atoms with Gasteiger partial charge in [0, 0.05) is 37.1 Å². The molecule has 0 aliphatic carbocycles. The van der Waals surface area contributed by atoms with Crippen molar-refractivity contribution in [3.63, 3.8) is 0 Å². The van der Waals surface area contributed by atoms with Crippen molar-refractivity contribution in [3.05, 3.63) is 89.5 Å². The lowest BCUT2D eigenvalue weighted by Crippen LogP contribution is -2.36. The lowest BCUT2D eigenvalue weighted by Gasteiger charge is -2.26. The van der Waals surface area contributed by atoms with Gasteiger partial charge in [0.05, 0.1) is 5.56 Å². The fourth-order valence-electron chi connectivity index (χ4n) is 2.78. The zero-order valence-electron chi connectivity index (χ0n) is 16.0. The highest BCUT2D eigenvalue weighted by Gasteiger charge is 2.20. The Morgan fingerprint density at radius 2 is 1.68 bits per heavy atom. The average Bonchev–Trinajstić information content (AvgIpc) is 2.72. The molecular formula is C22H23FN4O. The van der Waals surface area contributed by atoms with Crippen molar-refractivity contribution < 1.29 is 9.18 Å². The van der Waals surface area contributed by atoms with E-state index in [1.807, 2.05) is 44.2 Å². The number of carbonyl (C=O) groups is 1. The highest BCUT2D eigenvalue weighted by Crippen LogP contribution is 2.14. The molecule has 3 aromatic rings. The molecule has 3 rings (SSSR count). The third kappa shape index (κ3) is 4.91. The molecule has 0 fully saturated rings. The lowest BCUT2D eigenvalue weighted by atomic mass is 10.1. The maximum Gasteiger partial charge on any atom is 0.257 e. The van der Waals surface area contributed by atoms with E-state index in [0.29, 0.717) is 23.6 Å². The van der Waals surface area contributed by atoms with Crippen LogP contribution in [-0.2, 0) is 13.1 Å². The van der Waals surface area contributed by atoms with E-state index in [9.17, 15) is 9.18 Å². The molecular weight excluding hydrogens is 355 g/mol. The molecule has 2 aromatic carbocycles.